The number of aryl methyl sites for hydroxylation is 1. The standard InChI is InChI=1S/C31H27F2N5O6/c1-15-6-7-18(34-30(44)17-10-24(41)16(2)25(42)11-17)12-21(15)27-20-8-9-26(43)38(28-22(32)4-3-5-23(28)33)29(20)37-31(36-27)35-19(13-39)14-40/h3-12,19,39-42H,13-14H2,1-2H3,(H,34,44)(H,35,36,37). The number of anilines is 2. The van der Waals surface area contributed by atoms with E-state index in [0.29, 0.717) is 16.8 Å². The van der Waals surface area contributed by atoms with E-state index in [1.165, 1.54) is 25.1 Å². The van der Waals surface area contributed by atoms with Crippen LogP contribution >= 0.6 is 0 Å². The number of phenolic OH excluding ortho intramolecular Hbond substituents is 2. The average Bonchev–Trinajstić information content (AvgIpc) is 2.99. The van der Waals surface area contributed by atoms with Gasteiger partial charge in [0, 0.05) is 33.8 Å². The maximum absolute atomic E-state index is 14.9. The molecule has 0 unspecified atom stereocenters. The minimum absolute atomic E-state index is 0.00155. The molecule has 1 amide bonds. The number of rotatable bonds is 8. The highest BCUT2D eigenvalue weighted by Crippen LogP contribution is 2.33. The second-order valence-corrected chi connectivity index (χ2v) is 10.0. The predicted molar refractivity (Wildman–Crippen MR) is 159 cm³/mol. The van der Waals surface area contributed by atoms with Crippen molar-refractivity contribution in [3.8, 4) is 28.4 Å². The fourth-order valence-corrected chi connectivity index (χ4v) is 4.61. The van der Waals surface area contributed by atoms with Crippen LogP contribution in [-0.4, -0.2) is 60.1 Å². The second kappa shape index (κ2) is 12.1. The molecule has 0 saturated carbocycles. The lowest BCUT2D eigenvalue weighted by Gasteiger charge is -2.18. The van der Waals surface area contributed by atoms with Crippen LogP contribution in [0.3, 0.4) is 0 Å². The number of hydrogen-bond donors (Lipinski definition) is 6. The summed E-state index contributed by atoms with van der Waals surface area (Å²) < 4.78 is 30.7. The number of aromatic hydroxyl groups is 2. The molecule has 6 N–H and O–H groups in total. The molecule has 2 aromatic heterocycles. The molecule has 44 heavy (non-hydrogen) atoms. The van der Waals surface area contributed by atoms with Crippen molar-refractivity contribution in [1.82, 2.24) is 14.5 Å². The number of aliphatic hydroxyl groups excluding tert-OH is 2. The van der Waals surface area contributed by atoms with Crippen LogP contribution < -0.4 is 16.2 Å². The largest absolute Gasteiger partial charge is 0.508 e. The third-order valence-electron chi connectivity index (χ3n) is 7.05. The molecule has 0 aliphatic carbocycles. The first-order chi connectivity index (χ1) is 21.0. The molecule has 3 aromatic carbocycles. The monoisotopic (exact) mass is 603 g/mol. The van der Waals surface area contributed by atoms with E-state index in [4.69, 9.17) is 0 Å². The van der Waals surface area contributed by atoms with Crippen molar-refractivity contribution in [3.05, 3.63) is 99.3 Å². The fraction of sp³-hybridized carbons (Fsp3) is 0.161. The molecule has 11 nitrogen and oxygen atoms in total. The van der Waals surface area contributed by atoms with E-state index >= 15 is 0 Å². The lowest BCUT2D eigenvalue weighted by atomic mass is 10.0. The number of hydrogen-bond acceptors (Lipinski definition) is 9. The molecular formula is C31H27F2N5O6. The van der Waals surface area contributed by atoms with Gasteiger partial charge in [0.1, 0.15) is 28.8 Å². The number of aliphatic hydroxyl groups is 2. The Bertz CT molecular complexity index is 1930. The summed E-state index contributed by atoms with van der Waals surface area (Å²) >= 11 is 0. The van der Waals surface area contributed by atoms with E-state index in [1.807, 2.05) is 0 Å². The number of nitrogens with zero attached hydrogens (tertiary/aromatic N) is 3. The third kappa shape index (κ3) is 5.65. The van der Waals surface area contributed by atoms with Crippen molar-refractivity contribution in [1.29, 1.82) is 0 Å². The van der Waals surface area contributed by atoms with Crippen molar-refractivity contribution < 1.29 is 34.0 Å². The van der Waals surface area contributed by atoms with E-state index < -0.39 is 48.0 Å². The second-order valence-electron chi connectivity index (χ2n) is 10.0. The van der Waals surface area contributed by atoms with E-state index in [1.54, 1.807) is 25.1 Å². The molecule has 0 aliphatic heterocycles. The van der Waals surface area contributed by atoms with Crippen LogP contribution in [0.4, 0.5) is 20.4 Å². The zero-order chi connectivity index (χ0) is 31.7. The average molecular weight is 604 g/mol. The van der Waals surface area contributed by atoms with Gasteiger partial charge in [-0.1, -0.05) is 12.1 Å². The van der Waals surface area contributed by atoms with Crippen LogP contribution in [0.15, 0.2) is 65.5 Å². The molecule has 0 bridgehead atoms. The molecule has 226 valence electrons. The number of fused-ring (bicyclic) bond motifs is 1. The first-order valence-electron chi connectivity index (χ1n) is 13.3. The van der Waals surface area contributed by atoms with Crippen LogP contribution in [-0.2, 0) is 0 Å². The summed E-state index contributed by atoms with van der Waals surface area (Å²) in [6, 6.07) is 12.1. The Morgan fingerprint density at radius 2 is 1.59 bits per heavy atom. The molecule has 0 radical (unpaired) electrons. The van der Waals surface area contributed by atoms with Gasteiger partial charge in [0.05, 0.1) is 24.9 Å². The van der Waals surface area contributed by atoms with Crippen LogP contribution in [0.25, 0.3) is 28.0 Å². The summed E-state index contributed by atoms with van der Waals surface area (Å²) in [4.78, 5) is 35.0. The van der Waals surface area contributed by atoms with Crippen LogP contribution in [0.2, 0.25) is 0 Å². The van der Waals surface area contributed by atoms with Crippen molar-refractivity contribution in [2.75, 3.05) is 23.8 Å². The summed E-state index contributed by atoms with van der Waals surface area (Å²) in [5.41, 5.74) is 0.238. The van der Waals surface area contributed by atoms with E-state index in [0.717, 1.165) is 28.8 Å². The number of halogens is 2. The van der Waals surface area contributed by atoms with E-state index in [2.05, 4.69) is 20.6 Å². The summed E-state index contributed by atoms with van der Waals surface area (Å²) in [5, 5.41) is 45.1. The Balaban J connectivity index is 1.71. The third-order valence-corrected chi connectivity index (χ3v) is 7.05. The van der Waals surface area contributed by atoms with Gasteiger partial charge in [-0.25, -0.2) is 13.8 Å². The number of aromatic nitrogens is 3. The van der Waals surface area contributed by atoms with Gasteiger partial charge < -0.3 is 31.1 Å². The van der Waals surface area contributed by atoms with Crippen LogP contribution in [0.5, 0.6) is 11.5 Å². The van der Waals surface area contributed by atoms with Crippen molar-refractivity contribution in [2.24, 2.45) is 0 Å². The summed E-state index contributed by atoms with van der Waals surface area (Å²) in [5.74, 6) is -3.31. The zero-order valence-electron chi connectivity index (χ0n) is 23.5. The minimum atomic E-state index is -1.01. The first kappa shape index (κ1) is 30.1. The summed E-state index contributed by atoms with van der Waals surface area (Å²) in [6.45, 7) is 2.26. The quantitative estimate of drug-likeness (QED) is 0.155. The van der Waals surface area contributed by atoms with Crippen molar-refractivity contribution in [3.63, 3.8) is 0 Å². The molecule has 5 aromatic rings. The number of pyridine rings is 1. The highest BCUT2D eigenvalue weighted by atomic mass is 19.1. The normalized spacial score (nSPS) is 11.2. The fourth-order valence-electron chi connectivity index (χ4n) is 4.61. The topological polar surface area (TPSA) is 170 Å². The Morgan fingerprint density at radius 3 is 2.23 bits per heavy atom. The van der Waals surface area contributed by atoms with E-state index in [9.17, 15) is 38.8 Å². The van der Waals surface area contributed by atoms with Gasteiger partial charge in [-0.05, 0) is 61.9 Å². The lowest BCUT2D eigenvalue weighted by molar-refractivity contribution is 0.102. The molecule has 0 saturated heterocycles. The van der Waals surface area contributed by atoms with Gasteiger partial charge in [0.2, 0.25) is 5.95 Å². The Kier molecular flexibility index (Phi) is 8.25. The van der Waals surface area contributed by atoms with Crippen molar-refractivity contribution >= 4 is 28.6 Å². The lowest BCUT2D eigenvalue weighted by Crippen LogP contribution is -2.29. The van der Waals surface area contributed by atoms with Gasteiger partial charge in [-0.15, -0.1) is 0 Å². The van der Waals surface area contributed by atoms with Crippen LogP contribution in [0.1, 0.15) is 21.5 Å². The Morgan fingerprint density at radius 1 is 0.932 bits per heavy atom. The highest BCUT2D eigenvalue weighted by Gasteiger charge is 2.22. The Labute approximate surface area is 248 Å². The first-order valence-corrected chi connectivity index (χ1v) is 13.3. The van der Waals surface area contributed by atoms with Crippen molar-refractivity contribution in [2.45, 2.75) is 19.9 Å². The van der Waals surface area contributed by atoms with E-state index in [-0.39, 0.29) is 45.3 Å². The van der Waals surface area contributed by atoms with Gasteiger partial charge in [-0.2, -0.15) is 4.98 Å². The van der Waals surface area contributed by atoms with Gasteiger partial charge in [-0.3, -0.25) is 14.2 Å². The number of carbonyl (C=O) groups excluding carboxylic acids is 1. The molecule has 2 heterocycles. The van der Waals surface area contributed by atoms with Gasteiger partial charge in [0.25, 0.3) is 11.5 Å². The molecule has 0 aliphatic rings. The maximum atomic E-state index is 14.9. The number of amides is 1. The minimum Gasteiger partial charge on any atom is -0.508 e. The Hall–Kier alpha value is -5.40. The predicted octanol–water partition coefficient (Wildman–Crippen LogP) is 3.77. The SMILES string of the molecule is Cc1ccc(NC(=O)c2cc(O)c(C)c(O)c2)cc1-c1nc(NC(CO)CO)nc2c1ccc(=O)n2-c1c(F)cccc1F. The van der Waals surface area contributed by atoms with Crippen LogP contribution in [0, 0.1) is 25.5 Å². The summed E-state index contributed by atoms with van der Waals surface area (Å²) in [6.07, 6.45) is 0. The highest BCUT2D eigenvalue weighted by molar-refractivity contribution is 6.05. The molecule has 0 spiro atoms. The molecule has 0 atom stereocenters. The molecule has 13 heteroatoms. The zero-order valence-corrected chi connectivity index (χ0v) is 23.5. The molecule has 0 fully saturated rings. The maximum Gasteiger partial charge on any atom is 0.256 e. The number of nitrogens with one attached hydrogen (secondary N) is 2. The molecule has 5 rings (SSSR count). The van der Waals surface area contributed by atoms with Gasteiger partial charge >= 0.3 is 0 Å². The number of phenols is 2. The number of benzene rings is 3. The number of carbonyl (C=O) groups is 1. The van der Waals surface area contributed by atoms with Gasteiger partial charge in [0.15, 0.2) is 5.65 Å². The summed E-state index contributed by atoms with van der Waals surface area (Å²) in [7, 11) is 0. The smallest absolute Gasteiger partial charge is 0.256 e. The molecular weight excluding hydrogens is 576 g/mol. The number of para-hydroxylation sites is 1.